The normalized spacial score (nSPS) is 15.1. The standard InChI is InChI=1S/C22H17F6N2O3S/c23-21(24,25)18-13(4-8-17(31)30-9-11-33-12-10-30)3-7-16(19(18)22(26,27)28)34-15-5-1-14(2-6-15)20(29)32/h1-5,7-8H,9-12H2,(H2,29,32). The van der Waals surface area contributed by atoms with Crippen molar-refractivity contribution in [2.24, 2.45) is 5.73 Å². The fourth-order valence-corrected chi connectivity index (χ4v) is 4.15. The van der Waals surface area contributed by atoms with Crippen molar-refractivity contribution >= 4 is 29.7 Å². The first kappa shape index (κ1) is 25.6. The van der Waals surface area contributed by atoms with Crippen molar-refractivity contribution < 1.29 is 40.7 Å². The highest BCUT2D eigenvalue weighted by molar-refractivity contribution is 7.99. The van der Waals surface area contributed by atoms with E-state index in [0.29, 0.717) is 11.8 Å². The first-order valence-electron chi connectivity index (χ1n) is 9.73. The van der Waals surface area contributed by atoms with E-state index in [1.807, 2.05) is 0 Å². The van der Waals surface area contributed by atoms with E-state index >= 15 is 0 Å². The predicted molar refractivity (Wildman–Crippen MR) is 111 cm³/mol. The van der Waals surface area contributed by atoms with Crippen LogP contribution in [0.15, 0.2) is 46.2 Å². The summed E-state index contributed by atoms with van der Waals surface area (Å²) in [4.78, 5) is 24.0. The Hall–Kier alpha value is -2.99. The van der Waals surface area contributed by atoms with Gasteiger partial charge >= 0.3 is 12.4 Å². The largest absolute Gasteiger partial charge is 0.418 e. The van der Waals surface area contributed by atoms with Crippen LogP contribution >= 0.6 is 11.8 Å². The first-order valence-corrected chi connectivity index (χ1v) is 10.5. The molecule has 0 aliphatic carbocycles. The number of halogens is 6. The molecule has 0 spiro atoms. The molecule has 3 rings (SSSR count). The summed E-state index contributed by atoms with van der Waals surface area (Å²) >= 11 is 0.407. The number of carbonyl (C=O) groups excluding carboxylic acids is 2. The quantitative estimate of drug-likeness (QED) is 0.477. The second-order valence-corrected chi connectivity index (χ2v) is 8.16. The third-order valence-corrected chi connectivity index (χ3v) is 5.82. The summed E-state index contributed by atoms with van der Waals surface area (Å²) < 4.78 is 88.3. The smallest absolute Gasteiger partial charge is 0.378 e. The van der Waals surface area contributed by atoms with Gasteiger partial charge in [0.05, 0.1) is 24.3 Å². The molecule has 0 bridgehead atoms. The lowest BCUT2D eigenvalue weighted by molar-refractivity contribution is -0.163. The minimum absolute atomic E-state index is 0.0433. The lowest BCUT2D eigenvalue weighted by atomic mass is 9.99. The maximum atomic E-state index is 13.9. The Labute approximate surface area is 194 Å². The van der Waals surface area contributed by atoms with Crippen LogP contribution in [0.5, 0.6) is 0 Å². The van der Waals surface area contributed by atoms with Gasteiger partial charge in [-0.1, -0.05) is 17.8 Å². The Morgan fingerprint density at radius 3 is 2.18 bits per heavy atom. The summed E-state index contributed by atoms with van der Waals surface area (Å²) in [5.74, 6) is -1.42. The van der Waals surface area contributed by atoms with Crippen LogP contribution in [-0.2, 0) is 21.9 Å². The first-order chi connectivity index (χ1) is 15.9. The number of nitrogens with zero attached hydrogens (tertiary/aromatic N) is 1. The molecule has 0 saturated carbocycles. The van der Waals surface area contributed by atoms with Crippen molar-refractivity contribution in [1.29, 1.82) is 0 Å². The highest BCUT2D eigenvalue weighted by atomic mass is 32.2. The monoisotopic (exact) mass is 503 g/mol. The van der Waals surface area contributed by atoms with Crippen molar-refractivity contribution in [3.8, 4) is 0 Å². The maximum absolute atomic E-state index is 13.9. The van der Waals surface area contributed by atoms with E-state index in [1.165, 1.54) is 17.0 Å². The molecule has 1 radical (unpaired) electrons. The number of alkyl halides is 6. The van der Waals surface area contributed by atoms with Crippen LogP contribution < -0.4 is 5.73 Å². The number of nitrogens with two attached hydrogens (primary N) is 1. The molecule has 2 N–H and O–H groups in total. The minimum Gasteiger partial charge on any atom is -0.378 e. The fourth-order valence-electron chi connectivity index (χ4n) is 3.21. The van der Waals surface area contributed by atoms with E-state index in [0.717, 1.165) is 30.4 Å². The molecule has 0 aromatic heterocycles. The van der Waals surface area contributed by atoms with Crippen LogP contribution in [0.25, 0.3) is 6.08 Å². The molecule has 0 unspecified atom stereocenters. The van der Waals surface area contributed by atoms with Crippen LogP contribution in [0.2, 0.25) is 0 Å². The van der Waals surface area contributed by atoms with E-state index in [1.54, 1.807) is 0 Å². The maximum Gasteiger partial charge on any atom is 0.418 e. The number of hydrogen-bond donors (Lipinski definition) is 1. The summed E-state index contributed by atoms with van der Waals surface area (Å²) in [7, 11) is 0. The number of morpholine rings is 1. The summed E-state index contributed by atoms with van der Waals surface area (Å²) in [5.41, 5.74) is 0.576. The van der Waals surface area contributed by atoms with Crippen LogP contribution in [0.1, 0.15) is 27.0 Å². The van der Waals surface area contributed by atoms with Gasteiger partial charge in [-0.05, 0) is 42.0 Å². The van der Waals surface area contributed by atoms with Gasteiger partial charge in [-0.2, -0.15) is 26.3 Å². The predicted octanol–water partition coefficient (Wildman–Crippen LogP) is 4.65. The molecule has 181 valence electrons. The molecule has 2 amide bonds. The third-order valence-electron chi connectivity index (χ3n) is 4.78. The van der Waals surface area contributed by atoms with E-state index in [2.05, 4.69) is 6.07 Å². The lowest BCUT2D eigenvalue weighted by Gasteiger charge is -2.25. The molecule has 0 atom stereocenters. The van der Waals surface area contributed by atoms with Crippen molar-refractivity contribution in [1.82, 2.24) is 4.90 Å². The topological polar surface area (TPSA) is 72.6 Å². The average molecular weight is 503 g/mol. The molecule has 2 aromatic rings. The Balaban J connectivity index is 2.04. The number of carbonyl (C=O) groups is 2. The van der Waals surface area contributed by atoms with Crippen molar-refractivity contribution in [2.45, 2.75) is 22.1 Å². The van der Waals surface area contributed by atoms with Gasteiger partial charge in [0.25, 0.3) is 0 Å². The lowest BCUT2D eigenvalue weighted by Crippen LogP contribution is -2.39. The number of amides is 2. The molecule has 34 heavy (non-hydrogen) atoms. The fraction of sp³-hybridized carbons (Fsp3) is 0.273. The van der Waals surface area contributed by atoms with Gasteiger partial charge < -0.3 is 15.4 Å². The molecular weight excluding hydrogens is 486 g/mol. The molecule has 1 heterocycles. The zero-order valence-electron chi connectivity index (χ0n) is 17.3. The number of hydrogen-bond acceptors (Lipinski definition) is 4. The molecule has 1 aliphatic rings. The minimum atomic E-state index is -5.36. The summed E-state index contributed by atoms with van der Waals surface area (Å²) in [6.07, 6.45) is -9.15. The summed E-state index contributed by atoms with van der Waals surface area (Å²) in [5, 5.41) is 0. The summed E-state index contributed by atoms with van der Waals surface area (Å²) in [6.45, 7) is 0.970. The van der Waals surface area contributed by atoms with Crippen molar-refractivity contribution in [3.05, 3.63) is 64.7 Å². The van der Waals surface area contributed by atoms with Crippen LogP contribution in [-0.4, -0.2) is 43.0 Å². The summed E-state index contributed by atoms with van der Waals surface area (Å²) in [6, 6.07) is 7.91. The molecular formula is C22H17F6N2O3S. The highest BCUT2D eigenvalue weighted by Crippen LogP contribution is 2.48. The van der Waals surface area contributed by atoms with Gasteiger partial charge in [0.15, 0.2) is 0 Å². The SMILES string of the molecule is NC(=O)c1c[c]c(Sc2ccc(C=CC(=O)N3CCOCC3)c(C(F)(F)F)c2C(F)(F)F)cc1. The Kier molecular flexibility index (Phi) is 7.61. The molecule has 1 aliphatic heterocycles. The zero-order chi connectivity index (χ0) is 25.1. The second kappa shape index (κ2) is 10.1. The van der Waals surface area contributed by atoms with Gasteiger partial charge in [0.1, 0.15) is 0 Å². The number of ether oxygens (including phenoxy) is 1. The zero-order valence-corrected chi connectivity index (χ0v) is 18.1. The Bertz CT molecular complexity index is 1090. The van der Waals surface area contributed by atoms with Crippen molar-refractivity contribution in [2.75, 3.05) is 26.3 Å². The van der Waals surface area contributed by atoms with E-state index in [9.17, 15) is 35.9 Å². The molecule has 2 aromatic carbocycles. The molecule has 1 saturated heterocycles. The van der Waals surface area contributed by atoms with Gasteiger partial charge in [0, 0.05) is 34.5 Å². The molecule has 1 fully saturated rings. The Morgan fingerprint density at radius 1 is 1.00 bits per heavy atom. The van der Waals surface area contributed by atoms with Crippen LogP contribution in [0.3, 0.4) is 0 Å². The van der Waals surface area contributed by atoms with Crippen molar-refractivity contribution in [3.63, 3.8) is 0 Å². The van der Waals surface area contributed by atoms with Gasteiger partial charge in [0.2, 0.25) is 11.8 Å². The van der Waals surface area contributed by atoms with Crippen LogP contribution in [0, 0.1) is 6.07 Å². The third kappa shape index (κ3) is 6.11. The van der Waals surface area contributed by atoms with E-state index in [4.69, 9.17) is 10.5 Å². The van der Waals surface area contributed by atoms with E-state index < -0.39 is 45.8 Å². The van der Waals surface area contributed by atoms with Crippen LogP contribution in [0.4, 0.5) is 26.3 Å². The van der Waals surface area contributed by atoms with Gasteiger partial charge in [-0.15, -0.1) is 0 Å². The van der Waals surface area contributed by atoms with Gasteiger partial charge in [-0.3, -0.25) is 9.59 Å². The number of benzene rings is 2. The average Bonchev–Trinajstić information content (AvgIpc) is 2.77. The second-order valence-electron chi connectivity index (χ2n) is 7.08. The number of primary amides is 1. The Morgan fingerprint density at radius 2 is 1.65 bits per heavy atom. The molecule has 5 nitrogen and oxygen atoms in total. The highest BCUT2D eigenvalue weighted by Gasteiger charge is 2.46. The number of rotatable bonds is 5. The molecule has 12 heteroatoms. The van der Waals surface area contributed by atoms with E-state index in [-0.39, 0.29) is 36.8 Å². The van der Waals surface area contributed by atoms with Gasteiger partial charge in [-0.25, -0.2) is 0 Å².